The van der Waals surface area contributed by atoms with Gasteiger partial charge in [0, 0.05) is 17.2 Å². The summed E-state index contributed by atoms with van der Waals surface area (Å²) in [7, 11) is 0. The Morgan fingerprint density at radius 2 is 1.69 bits per heavy atom. The van der Waals surface area contributed by atoms with E-state index in [0.29, 0.717) is 23.4 Å². The highest BCUT2D eigenvalue weighted by molar-refractivity contribution is 5.72. The first-order chi connectivity index (χ1) is 16.8. The Bertz CT molecular complexity index is 1390. The molecule has 1 aromatic heterocycles. The summed E-state index contributed by atoms with van der Waals surface area (Å²) >= 11 is 0. The molecule has 0 aliphatic rings. The van der Waals surface area contributed by atoms with Gasteiger partial charge in [-0.25, -0.2) is 4.98 Å². The highest BCUT2D eigenvalue weighted by Crippen LogP contribution is 2.38. The molecule has 0 bridgehead atoms. The minimum absolute atomic E-state index is 0.0700. The van der Waals surface area contributed by atoms with Gasteiger partial charge in [-0.2, -0.15) is 23.4 Å². The predicted molar refractivity (Wildman–Crippen MR) is 127 cm³/mol. The van der Waals surface area contributed by atoms with E-state index in [2.05, 4.69) is 16.0 Å². The molecule has 0 atom stereocenters. The molecule has 2 N–H and O–H groups in total. The van der Waals surface area contributed by atoms with Crippen LogP contribution in [0.1, 0.15) is 22.5 Å². The standard InChI is InChI=1S/C27H21F3N4O/c1-17-33-24(22-4-2-3-5-23(22)27(28,29)30)15-26(34-17)35-25-14-19(16-32)8-11-21(25)20-9-6-18(7-10-20)12-13-31/h2-11,14-15H,12-13,31H2,1H3. The zero-order valence-corrected chi connectivity index (χ0v) is 18.8. The second-order valence-electron chi connectivity index (χ2n) is 7.84. The van der Waals surface area contributed by atoms with Crippen LogP contribution in [0.25, 0.3) is 22.4 Å². The van der Waals surface area contributed by atoms with Crippen LogP contribution in [0.5, 0.6) is 11.6 Å². The maximum Gasteiger partial charge on any atom is 0.417 e. The van der Waals surface area contributed by atoms with E-state index < -0.39 is 11.7 Å². The SMILES string of the molecule is Cc1nc(Oc2cc(C#N)ccc2-c2ccc(CCN)cc2)cc(-c2ccccc2C(F)(F)F)n1. The van der Waals surface area contributed by atoms with Gasteiger partial charge in [-0.15, -0.1) is 0 Å². The summed E-state index contributed by atoms with van der Waals surface area (Å²) in [6.07, 6.45) is -3.79. The van der Waals surface area contributed by atoms with Crippen LogP contribution in [0.2, 0.25) is 0 Å². The Hall–Kier alpha value is -4.22. The number of aromatic nitrogens is 2. The van der Waals surface area contributed by atoms with Crippen molar-refractivity contribution in [1.29, 1.82) is 5.26 Å². The first-order valence-corrected chi connectivity index (χ1v) is 10.8. The van der Waals surface area contributed by atoms with E-state index in [4.69, 9.17) is 10.5 Å². The lowest BCUT2D eigenvalue weighted by atomic mass is 10.0. The summed E-state index contributed by atoms with van der Waals surface area (Å²) in [4.78, 5) is 8.47. The molecule has 0 saturated heterocycles. The Labute approximate surface area is 200 Å². The van der Waals surface area contributed by atoms with Crippen LogP contribution < -0.4 is 10.5 Å². The van der Waals surface area contributed by atoms with E-state index in [9.17, 15) is 18.4 Å². The molecule has 4 rings (SSSR count). The van der Waals surface area contributed by atoms with E-state index in [1.165, 1.54) is 24.3 Å². The molecule has 5 nitrogen and oxygen atoms in total. The van der Waals surface area contributed by atoms with Crippen molar-refractivity contribution in [2.75, 3.05) is 6.54 Å². The van der Waals surface area contributed by atoms with Crippen LogP contribution in [0.4, 0.5) is 13.2 Å². The number of benzene rings is 3. The first-order valence-electron chi connectivity index (χ1n) is 10.8. The Morgan fingerprint density at radius 3 is 2.37 bits per heavy atom. The van der Waals surface area contributed by atoms with Gasteiger partial charge in [-0.1, -0.05) is 42.5 Å². The van der Waals surface area contributed by atoms with Crippen molar-refractivity contribution in [3.05, 3.63) is 95.3 Å². The van der Waals surface area contributed by atoms with Crippen molar-refractivity contribution >= 4 is 0 Å². The maximum atomic E-state index is 13.6. The number of nitriles is 1. The quantitative estimate of drug-likeness (QED) is 0.354. The normalized spacial score (nSPS) is 11.2. The molecule has 8 heteroatoms. The second kappa shape index (κ2) is 9.95. The summed E-state index contributed by atoms with van der Waals surface area (Å²) in [5.41, 5.74) is 7.86. The van der Waals surface area contributed by atoms with Crippen molar-refractivity contribution in [3.8, 4) is 40.1 Å². The molecule has 1 heterocycles. The fourth-order valence-electron chi connectivity index (χ4n) is 3.73. The Kier molecular flexibility index (Phi) is 6.80. The largest absolute Gasteiger partial charge is 0.438 e. The van der Waals surface area contributed by atoms with Crippen LogP contribution in [-0.2, 0) is 12.6 Å². The fraction of sp³-hybridized carbons (Fsp3) is 0.148. The molecule has 0 saturated carbocycles. The smallest absolute Gasteiger partial charge is 0.417 e. The number of alkyl halides is 3. The lowest BCUT2D eigenvalue weighted by Gasteiger charge is -2.15. The van der Waals surface area contributed by atoms with E-state index >= 15 is 0 Å². The molecule has 0 radical (unpaired) electrons. The van der Waals surface area contributed by atoms with Gasteiger partial charge in [0.15, 0.2) is 0 Å². The van der Waals surface area contributed by atoms with Gasteiger partial charge >= 0.3 is 6.18 Å². The van der Waals surface area contributed by atoms with Crippen LogP contribution in [0.15, 0.2) is 72.8 Å². The van der Waals surface area contributed by atoms with Gasteiger partial charge < -0.3 is 10.5 Å². The second-order valence-corrected chi connectivity index (χ2v) is 7.84. The molecule has 0 fully saturated rings. The van der Waals surface area contributed by atoms with Crippen molar-refractivity contribution < 1.29 is 17.9 Å². The molecule has 35 heavy (non-hydrogen) atoms. The minimum atomic E-state index is -4.54. The lowest BCUT2D eigenvalue weighted by Crippen LogP contribution is -2.08. The van der Waals surface area contributed by atoms with Crippen LogP contribution >= 0.6 is 0 Å². The third-order valence-corrected chi connectivity index (χ3v) is 5.35. The third kappa shape index (κ3) is 5.48. The number of nitrogens with zero attached hydrogens (tertiary/aromatic N) is 3. The van der Waals surface area contributed by atoms with E-state index in [1.54, 1.807) is 25.1 Å². The van der Waals surface area contributed by atoms with Gasteiger partial charge in [0.1, 0.15) is 11.6 Å². The average Bonchev–Trinajstić information content (AvgIpc) is 2.84. The molecule has 0 unspecified atom stereocenters. The molecule has 0 spiro atoms. The molecule has 176 valence electrons. The van der Waals surface area contributed by atoms with Gasteiger partial charge in [0.25, 0.3) is 0 Å². The van der Waals surface area contributed by atoms with Crippen LogP contribution in [0.3, 0.4) is 0 Å². The van der Waals surface area contributed by atoms with E-state index in [0.717, 1.165) is 23.6 Å². The fourth-order valence-corrected chi connectivity index (χ4v) is 3.73. The molecular weight excluding hydrogens is 453 g/mol. The molecule has 4 aromatic rings. The highest BCUT2D eigenvalue weighted by Gasteiger charge is 2.33. The zero-order chi connectivity index (χ0) is 25.0. The van der Waals surface area contributed by atoms with Crippen molar-refractivity contribution in [1.82, 2.24) is 9.97 Å². The lowest BCUT2D eigenvalue weighted by molar-refractivity contribution is -0.137. The third-order valence-electron chi connectivity index (χ3n) is 5.35. The van der Waals surface area contributed by atoms with Crippen molar-refractivity contribution in [2.24, 2.45) is 5.73 Å². The monoisotopic (exact) mass is 474 g/mol. The van der Waals surface area contributed by atoms with Crippen LogP contribution in [0, 0.1) is 18.3 Å². The van der Waals surface area contributed by atoms with Gasteiger partial charge in [-0.3, -0.25) is 0 Å². The summed E-state index contributed by atoms with van der Waals surface area (Å²) in [5.74, 6) is 0.669. The predicted octanol–water partition coefficient (Wildman–Crippen LogP) is 6.30. The summed E-state index contributed by atoms with van der Waals surface area (Å²) in [5, 5.41) is 9.38. The number of aryl methyl sites for hydroxylation is 1. The van der Waals surface area contributed by atoms with Gasteiger partial charge in [0.05, 0.1) is 22.9 Å². The van der Waals surface area contributed by atoms with Gasteiger partial charge in [0.2, 0.25) is 5.88 Å². The van der Waals surface area contributed by atoms with E-state index in [-0.39, 0.29) is 23.0 Å². The topological polar surface area (TPSA) is 84.8 Å². The molecule has 3 aromatic carbocycles. The highest BCUT2D eigenvalue weighted by atomic mass is 19.4. The van der Waals surface area contributed by atoms with E-state index in [1.807, 2.05) is 24.3 Å². The summed E-state index contributed by atoms with van der Waals surface area (Å²) < 4.78 is 46.8. The number of halogens is 3. The van der Waals surface area contributed by atoms with Crippen LogP contribution in [-0.4, -0.2) is 16.5 Å². The number of rotatable bonds is 6. The Balaban J connectivity index is 1.76. The number of ether oxygens (including phenoxy) is 1. The van der Waals surface area contributed by atoms with Gasteiger partial charge in [-0.05, 0) is 55.3 Å². The van der Waals surface area contributed by atoms with Crippen molar-refractivity contribution in [3.63, 3.8) is 0 Å². The maximum absolute atomic E-state index is 13.6. The summed E-state index contributed by atoms with van der Waals surface area (Å²) in [6, 6.07) is 21.5. The number of nitrogens with two attached hydrogens (primary N) is 1. The Morgan fingerprint density at radius 1 is 0.943 bits per heavy atom. The van der Waals surface area contributed by atoms with Crippen molar-refractivity contribution in [2.45, 2.75) is 19.5 Å². The average molecular weight is 474 g/mol. The molecule has 0 aliphatic carbocycles. The molecule has 0 aliphatic heterocycles. The molecular formula is C27H21F3N4O. The summed E-state index contributed by atoms with van der Waals surface area (Å²) in [6.45, 7) is 2.12. The first kappa shape index (κ1) is 23.9. The number of hydrogen-bond acceptors (Lipinski definition) is 5. The number of hydrogen-bond donors (Lipinski definition) is 1. The molecule has 0 amide bonds. The zero-order valence-electron chi connectivity index (χ0n) is 18.8. The minimum Gasteiger partial charge on any atom is -0.438 e.